The van der Waals surface area contributed by atoms with E-state index in [1.807, 2.05) is 7.11 Å². The van der Waals surface area contributed by atoms with Gasteiger partial charge in [-0.3, -0.25) is 0 Å². The van der Waals surface area contributed by atoms with Crippen LogP contribution in [0.5, 0.6) is 0 Å². The summed E-state index contributed by atoms with van der Waals surface area (Å²) in [6.45, 7) is 6.74. The molecular weight excluding hydrogens is 174 g/mol. The normalized spacial score (nSPS) is 21.6. The predicted molar refractivity (Wildman–Crippen MR) is 60.5 cm³/mol. The van der Waals surface area contributed by atoms with E-state index in [0.29, 0.717) is 0 Å². The van der Waals surface area contributed by atoms with Crippen molar-refractivity contribution in [2.24, 2.45) is 5.92 Å². The Balaban J connectivity index is 2.08. The standard InChI is InChI=1S/C12H25NO/c1-4-6-11(2)9-13-10-12(14-3)7-5-8-12/h11,13H,4-10H2,1-3H3. The molecule has 1 unspecified atom stereocenters. The van der Waals surface area contributed by atoms with Crippen molar-refractivity contribution in [3.05, 3.63) is 0 Å². The fourth-order valence-electron chi connectivity index (χ4n) is 2.17. The summed E-state index contributed by atoms with van der Waals surface area (Å²) in [6.07, 6.45) is 6.42. The predicted octanol–water partition coefficient (Wildman–Crippen LogP) is 2.58. The summed E-state index contributed by atoms with van der Waals surface area (Å²) < 4.78 is 5.55. The van der Waals surface area contributed by atoms with Crippen LogP contribution in [0.4, 0.5) is 0 Å². The topological polar surface area (TPSA) is 21.3 Å². The van der Waals surface area contributed by atoms with Crippen LogP contribution >= 0.6 is 0 Å². The third-order valence-electron chi connectivity index (χ3n) is 3.42. The molecule has 1 saturated carbocycles. The molecule has 0 aromatic heterocycles. The molecule has 2 nitrogen and oxygen atoms in total. The van der Waals surface area contributed by atoms with E-state index >= 15 is 0 Å². The SMILES string of the molecule is CCCC(C)CNCC1(OC)CCC1. The fraction of sp³-hybridized carbons (Fsp3) is 1.00. The lowest BCUT2D eigenvalue weighted by molar-refractivity contribution is -0.0696. The second kappa shape index (κ2) is 5.72. The van der Waals surface area contributed by atoms with Crippen LogP contribution in [0.1, 0.15) is 46.0 Å². The summed E-state index contributed by atoms with van der Waals surface area (Å²) >= 11 is 0. The van der Waals surface area contributed by atoms with Crippen LogP contribution < -0.4 is 5.32 Å². The Hall–Kier alpha value is -0.0800. The van der Waals surface area contributed by atoms with Crippen molar-refractivity contribution in [1.29, 1.82) is 0 Å². The molecule has 0 radical (unpaired) electrons. The maximum Gasteiger partial charge on any atom is 0.0802 e. The molecule has 84 valence electrons. The molecular formula is C12H25NO. The van der Waals surface area contributed by atoms with Gasteiger partial charge in [0.1, 0.15) is 0 Å². The van der Waals surface area contributed by atoms with E-state index in [0.717, 1.165) is 19.0 Å². The molecule has 0 saturated heterocycles. The van der Waals surface area contributed by atoms with Gasteiger partial charge in [-0.25, -0.2) is 0 Å². The third kappa shape index (κ3) is 3.25. The van der Waals surface area contributed by atoms with Gasteiger partial charge in [-0.1, -0.05) is 20.3 Å². The number of nitrogens with one attached hydrogen (secondary N) is 1. The van der Waals surface area contributed by atoms with Crippen molar-refractivity contribution in [3.63, 3.8) is 0 Å². The van der Waals surface area contributed by atoms with Gasteiger partial charge >= 0.3 is 0 Å². The van der Waals surface area contributed by atoms with Crippen molar-refractivity contribution in [2.45, 2.75) is 51.6 Å². The number of methoxy groups -OCH3 is 1. The smallest absolute Gasteiger partial charge is 0.0802 e. The molecule has 14 heavy (non-hydrogen) atoms. The van der Waals surface area contributed by atoms with Crippen LogP contribution in [0.15, 0.2) is 0 Å². The Morgan fingerprint density at radius 1 is 1.43 bits per heavy atom. The molecule has 0 heterocycles. The van der Waals surface area contributed by atoms with E-state index in [4.69, 9.17) is 4.74 Å². The second-order valence-corrected chi connectivity index (χ2v) is 4.77. The highest BCUT2D eigenvalue weighted by atomic mass is 16.5. The molecule has 0 aromatic rings. The summed E-state index contributed by atoms with van der Waals surface area (Å²) in [7, 11) is 1.84. The van der Waals surface area contributed by atoms with E-state index in [2.05, 4.69) is 19.2 Å². The van der Waals surface area contributed by atoms with E-state index in [1.54, 1.807) is 0 Å². The number of hydrogen-bond acceptors (Lipinski definition) is 2. The molecule has 1 aliphatic carbocycles. The van der Waals surface area contributed by atoms with E-state index in [-0.39, 0.29) is 5.60 Å². The average Bonchev–Trinajstić information content (AvgIpc) is 2.10. The summed E-state index contributed by atoms with van der Waals surface area (Å²) in [5, 5.41) is 3.54. The number of hydrogen-bond donors (Lipinski definition) is 1. The van der Waals surface area contributed by atoms with Crippen LogP contribution in [0, 0.1) is 5.92 Å². The highest BCUT2D eigenvalue weighted by Crippen LogP contribution is 2.34. The van der Waals surface area contributed by atoms with Crippen LogP contribution in [-0.4, -0.2) is 25.8 Å². The summed E-state index contributed by atoms with van der Waals surface area (Å²) in [4.78, 5) is 0. The van der Waals surface area contributed by atoms with Crippen molar-refractivity contribution >= 4 is 0 Å². The Morgan fingerprint density at radius 2 is 2.14 bits per heavy atom. The lowest BCUT2D eigenvalue weighted by Gasteiger charge is -2.40. The Morgan fingerprint density at radius 3 is 2.57 bits per heavy atom. The van der Waals surface area contributed by atoms with Crippen LogP contribution in [-0.2, 0) is 4.74 Å². The van der Waals surface area contributed by atoms with E-state index < -0.39 is 0 Å². The fourth-order valence-corrected chi connectivity index (χ4v) is 2.17. The Kier molecular flexibility index (Phi) is 4.90. The largest absolute Gasteiger partial charge is 0.377 e. The zero-order valence-corrected chi connectivity index (χ0v) is 9.94. The van der Waals surface area contributed by atoms with Crippen molar-refractivity contribution < 1.29 is 4.74 Å². The van der Waals surface area contributed by atoms with Gasteiger partial charge in [-0.05, 0) is 38.1 Å². The third-order valence-corrected chi connectivity index (χ3v) is 3.42. The lowest BCUT2D eigenvalue weighted by atomic mass is 9.80. The summed E-state index contributed by atoms with van der Waals surface area (Å²) in [5.74, 6) is 0.800. The van der Waals surface area contributed by atoms with Crippen LogP contribution in [0.3, 0.4) is 0 Å². The van der Waals surface area contributed by atoms with Crippen LogP contribution in [0.2, 0.25) is 0 Å². The first-order chi connectivity index (χ1) is 6.72. The molecule has 1 fully saturated rings. The first kappa shape index (κ1) is 12.0. The zero-order chi connectivity index (χ0) is 10.4. The first-order valence-electron chi connectivity index (χ1n) is 5.98. The van der Waals surface area contributed by atoms with Gasteiger partial charge in [0.05, 0.1) is 5.60 Å². The summed E-state index contributed by atoms with van der Waals surface area (Å²) in [5.41, 5.74) is 0.186. The molecule has 1 aliphatic rings. The van der Waals surface area contributed by atoms with Gasteiger partial charge in [-0.15, -0.1) is 0 Å². The second-order valence-electron chi connectivity index (χ2n) is 4.77. The monoisotopic (exact) mass is 199 g/mol. The van der Waals surface area contributed by atoms with Crippen molar-refractivity contribution in [1.82, 2.24) is 5.32 Å². The van der Waals surface area contributed by atoms with Gasteiger partial charge in [0.25, 0.3) is 0 Å². The zero-order valence-electron chi connectivity index (χ0n) is 9.94. The molecule has 2 heteroatoms. The minimum atomic E-state index is 0.186. The number of ether oxygens (including phenoxy) is 1. The number of rotatable bonds is 7. The maximum atomic E-state index is 5.55. The first-order valence-corrected chi connectivity index (χ1v) is 5.98. The van der Waals surface area contributed by atoms with E-state index in [1.165, 1.54) is 32.1 Å². The molecule has 1 atom stereocenters. The molecule has 0 bridgehead atoms. The highest BCUT2D eigenvalue weighted by molar-refractivity contribution is 4.91. The van der Waals surface area contributed by atoms with Gasteiger partial charge < -0.3 is 10.1 Å². The van der Waals surface area contributed by atoms with Gasteiger partial charge in [0.15, 0.2) is 0 Å². The van der Waals surface area contributed by atoms with Gasteiger partial charge in [0.2, 0.25) is 0 Å². The highest BCUT2D eigenvalue weighted by Gasteiger charge is 2.36. The minimum Gasteiger partial charge on any atom is -0.377 e. The average molecular weight is 199 g/mol. The quantitative estimate of drug-likeness (QED) is 0.680. The molecule has 1 N–H and O–H groups in total. The van der Waals surface area contributed by atoms with Crippen molar-refractivity contribution in [2.75, 3.05) is 20.2 Å². The minimum absolute atomic E-state index is 0.186. The van der Waals surface area contributed by atoms with Gasteiger partial charge in [0, 0.05) is 13.7 Å². The van der Waals surface area contributed by atoms with Crippen LogP contribution in [0.25, 0.3) is 0 Å². The Bertz CT molecular complexity index is 149. The van der Waals surface area contributed by atoms with Gasteiger partial charge in [-0.2, -0.15) is 0 Å². The molecule has 0 aliphatic heterocycles. The van der Waals surface area contributed by atoms with E-state index in [9.17, 15) is 0 Å². The lowest BCUT2D eigenvalue weighted by Crippen LogP contribution is -2.48. The molecule has 0 aromatic carbocycles. The molecule has 0 amide bonds. The van der Waals surface area contributed by atoms with Crippen molar-refractivity contribution in [3.8, 4) is 0 Å². The molecule has 1 rings (SSSR count). The molecule has 0 spiro atoms. The summed E-state index contributed by atoms with van der Waals surface area (Å²) in [6, 6.07) is 0. The Labute approximate surface area is 88.4 Å². The maximum absolute atomic E-state index is 5.55.